The number of para-hydroxylation sites is 1. The molecule has 2 N–H and O–H groups in total. The third-order valence-corrected chi connectivity index (χ3v) is 5.95. The number of ether oxygens (including phenoxy) is 1. The molecule has 1 fully saturated rings. The molecule has 182 valence electrons. The van der Waals surface area contributed by atoms with E-state index in [2.05, 4.69) is 10.2 Å². The SMILES string of the molecule is O=C(O)CCC(NC(=O)OCc1ccccc1)C(=O)N1CCN(c2ccc3ccccc3n2)CC1. The molecule has 35 heavy (non-hydrogen) atoms. The van der Waals surface area contributed by atoms with Crippen LogP contribution in [-0.2, 0) is 20.9 Å². The van der Waals surface area contributed by atoms with E-state index in [9.17, 15) is 14.4 Å². The molecule has 2 heterocycles. The van der Waals surface area contributed by atoms with Crippen molar-refractivity contribution in [2.75, 3.05) is 31.1 Å². The van der Waals surface area contributed by atoms with Crippen LogP contribution in [0.5, 0.6) is 0 Å². The van der Waals surface area contributed by atoms with Crippen LogP contribution in [0.4, 0.5) is 10.6 Å². The molecule has 9 heteroatoms. The molecule has 0 spiro atoms. The highest BCUT2D eigenvalue weighted by Gasteiger charge is 2.30. The molecule has 2 aromatic carbocycles. The quantitative estimate of drug-likeness (QED) is 0.514. The van der Waals surface area contributed by atoms with E-state index < -0.39 is 18.1 Å². The van der Waals surface area contributed by atoms with Gasteiger partial charge in [-0.15, -0.1) is 0 Å². The number of hydrogen-bond donors (Lipinski definition) is 2. The highest BCUT2D eigenvalue weighted by molar-refractivity contribution is 5.86. The Kier molecular flexibility index (Phi) is 7.77. The number of carbonyl (C=O) groups excluding carboxylic acids is 2. The van der Waals surface area contributed by atoms with Crippen LogP contribution in [-0.4, -0.2) is 65.2 Å². The highest BCUT2D eigenvalue weighted by Crippen LogP contribution is 2.19. The molecule has 0 radical (unpaired) electrons. The fourth-order valence-corrected chi connectivity index (χ4v) is 4.04. The lowest BCUT2D eigenvalue weighted by Gasteiger charge is -2.37. The Morgan fingerprint density at radius 1 is 0.943 bits per heavy atom. The predicted octanol–water partition coefficient (Wildman–Crippen LogP) is 3.04. The molecule has 0 saturated carbocycles. The number of alkyl carbamates (subject to hydrolysis) is 1. The van der Waals surface area contributed by atoms with Crippen molar-refractivity contribution in [3.63, 3.8) is 0 Å². The zero-order valence-corrected chi connectivity index (χ0v) is 19.3. The Balaban J connectivity index is 1.34. The van der Waals surface area contributed by atoms with Gasteiger partial charge in [-0.2, -0.15) is 0 Å². The number of aromatic nitrogens is 1. The number of carboxylic acids is 1. The Morgan fingerprint density at radius 3 is 2.40 bits per heavy atom. The Labute approximate surface area is 203 Å². The largest absolute Gasteiger partial charge is 0.481 e. The number of rotatable bonds is 8. The molecule has 0 aliphatic carbocycles. The molecule has 1 aromatic heterocycles. The summed E-state index contributed by atoms with van der Waals surface area (Å²) in [5.74, 6) is -0.496. The number of fused-ring (bicyclic) bond motifs is 1. The maximum absolute atomic E-state index is 13.2. The van der Waals surface area contributed by atoms with Crippen molar-refractivity contribution >= 4 is 34.7 Å². The summed E-state index contributed by atoms with van der Waals surface area (Å²) in [5.41, 5.74) is 1.73. The van der Waals surface area contributed by atoms with Gasteiger partial charge in [0.1, 0.15) is 18.5 Å². The Bertz CT molecular complexity index is 1180. The van der Waals surface area contributed by atoms with Gasteiger partial charge < -0.3 is 25.0 Å². The van der Waals surface area contributed by atoms with Gasteiger partial charge in [0.05, 0.1) is 5.52 Å². The first-order valence-corrected chi connectivity index (χ1v) is 11.6. The first-order valence-electron chi connectivity index (χ1n) is 11.6. The van der Waals surface area contributed by atoms with Crippen molar-refractivity contribution in [3.05, 3.63) is 72.3 Å². The first-order chi connectivity index (χ1) is 17.0. The third-order valence-electron chi connectivity index (χ3n) is 5.95. The van der Waals surface area contributed by atoms with Crippen molar-refractivity contribution < 1.29 is 24.2 Å². The first kappa shape index (κ1) is 24.0. The zero-order chi connectivity index (χ0) is 24.6. The van der Waals surface area contributed by atoms with Crippen LogP contribution < -0.4 is 10.2 Å². The molecule has 9 nitrogen and oxygen atoms in total. The lowest BCUT2D eigenvalue weighted by molar-refractivity contribution is -0.138. The summed E-state index contributed by atoms with van der Waals surface area (Å²) in [6.07, 6.45) is -1.01. The van der Waals surface area contributed by atoms with Crippen LogP contribution in [0.25, 0.3) is 10.9 Å². The number of piperazine rings is 1. The van der Waals surface area contributed by atoms with E-state index in [1.165, 1.54) is 0 Å². The van der Waals surface area contributed by atoms with E-state index in [-0.39, 0.29) is 25.4 Å². The van der Waals surface area contributed by atoms with E-state index in [0.717, 1.165) is 22.3 Å². The summed E-state index contributed by atoms with van der Waals surface area (Å²) < 4.78 is 5.23. The van der Waals surface area contributed by atoms with E-state index in [0.29, 0.717) is 26.2 Å². The third kappa shape index (κ3) is 6.47. The van der Waals surface area contributed by atoms with Gasteiger partial charge in [0, 0.05) is 38.0 Å². The van der Waals surface area contributed by atoms with Crippen molar-refractivity contribution in [1.82, 2.24) is 15.2 Å². The number of amides is 2. The molecule has 2 amide bonds. The van der Waals surface area contributed by atoms with Gasteiger partial charge >= 0.3 is 12.1 Å². The van der Waals surface area contributed by atoms with Gasteiger partial charge in [0.25, 0.3) is 0 Å². The second kappa shape index (κ2) is 11.3. The van der Waals surface area contributed by atoms with E-state index in [4.69, 9.17) is 14.8 Å². The normalized spacial score (nSPS) is 14.4. The van der Waals surface area contributed by atoms with Gasteiger partial charge in [-0.05, 0) is 30.2 Å². The molecular formula is C26H28N4O5. The lowest BCUT2D eigenvalue weighted by atomic mass is 10.1. The maximum atomic E-state index is 13.2. The number of aliphatic carboxylic acids is 1. The van der Waals surface area contributed by atoms with Crippen LogP contribution >= 0.6 is 0 Å². The molecule has 0 bridgehead atoms. The van der Waals surface area contributed by atoms with E-state index in [1.807, 2.05) is 66.7 Å². The summed E-state index contributed by atoms with van der Waals surface area (Å²) in [6.45, 7) is 2.11. The molecule has 1 saturated heterocycles. The molecule has 3 aromatic rings. The van der Waals surface area contributed by atoms with Crippen LogP contribution in [0.2, 0.25) is 0 Å². The summed E-state index contributed by atoms with van der Waals surface area (Å²) in [7, 11) is 0. The molecule has 1 aliphatic rings. The van der Waals surface area contributed by atoms with Gasteiger partial charge in [-0.25, -0.2) is 9.78 Å². The number of nitrogens with one attached hydrogen (secondary N) is 1. The molecule has 1 aliphatic heterocycles. The second-order valence-electron chi connectivity index (χ2n) is 8.37. The number of nitrogens with zero attached hydrogens (tertiary/aromatic N) is 3. The molecule has 1 unspecified atom stereocenters. The van der Waals surface area contributed by atoms with Gasteiger partial charge in [-0.3, -0.25) is 9.59 Å². The van der Waals surface area contributed by atoms with Crippen molar-refractivity contribution in [3.8, 4) is 0 Å². The second-order valence-corrected chi connectivity index (χ2v) is 8.37. The summed E-state index contributed by atoms with van der Waals surface area (Å²) >= 11 is 0. The lowest BCUT2D eigenvalue weighted by Crippen LogP contribution is -2.55. The smallest absolute Gasteiger partial charge is 0.408 e. The van der Waals surface area contributed by atoms with Crippen molar-refractivity contribution in [2.24, 2.45) is 0 Å². The Hall–Kier alpha value is -4.14. The number of benzene rings is 2. The summed E-state index contributed by atoms with van der Waals surface area (Å²) in [6, 6.07) is 20.1. The van der Waals surface area contributed by atoms with Crippen molar-refractivity contribution in [1.29, 1.82) is 0 Å². The Morgan fingerprint density at radius 2 is 1.66 bits per heavy atom. The maximum Gasteiger partial charge on any atom is 0.408 e. The van der Waals surface area contributed by atoms with Crippen LogP contribution in [0.3, 0.4) is 0 Å². The molecule has 1 atom stereocenters. The predicted molar refractivity (Wildman–Crippen MR) is 131 cm³/mol. The van der Waals surface area contributed by atoms with E-state index in [1.54, 1.807) is 4.90 Å². The number of pyridine rings is 1. The standard InChI is InChI=1S/C26H28N4O5/c31-24(32)13-11-22(28-26(34)35-18-19-6-2-1-3-7-19)25(33)30-16-14-29(15-17-30)23-12-10-20-8-4-5-9-21(20)27-23/h1-10,12,22H,11,13-18H2,(H,28,34)(H,31,32). The average Bonchev–Trinajstić information content (AvgIpc) is 2.89. The highest BCUT2D eigenvalue weighted by atomic mass is 16.5. The number of hydrogen-bond acceptors (Lipinski definition) is 6. The van der Waals surface area contributed by atoms with Crippen LogP contribution in [0.15, 0.2) is 66.7 Å². The fourth-order valence-electron chi connectivity index (χ4n) is 4.04. The minimum atomic E-state index is -1.03. The van der Waals surface area contributed by atoms with Crippen LogP contribution in [0, 0.1) is 0 Å². The van der Waals surface area contributed by atoms with Crippen molar-refractivity contribution in [2.45, 2.75) is 25.5 Å². The van der Waals surface area contributed by atoms with Gasteiger partial charge in [0.15, 0.2) is 0 Å². The number of anilines is 1. The minimum absolute atomic E-state index is 0.0128. The topological polar surface area (TPSA) is 112 Å². The van der Waals surface area contributed by atoms with Gasteiger partial charge in [0.2, 0.25) is 5.91 Å². The summed E-state index contributed by atoms with van der Waals surface area (Å²) in [4.78, 5) is 45.1. The summed E-state index contributed by atoms with van der Waals surface area (Å²) in [5, 5.41) is 12.7. The number of carboxylic acid groups (broad SMARTS) is 1. The fraction of sp³-hybridized carbons (Fsp3) is 0.308. The molecular weight excluding hydrogens is 448 g/mol. The minimum Gasteiger partial charge on any atom is -0.481 e. The molecule has 4 rings (SSSR count). The number of carbonyl (C=O) groups is 3. The zero-order valence-electron chi connectivity index (χ0n) is 19.3. The van der Waals surface area contributed by atoms with Gasteiger partial charge in [-0.1, -0.05) is 48.5 Å². The monoisotopic (exact) mass is 476 g/mol. The van der Waals surface area contributed by atoms with Crippen LogP contribution in [0.1, 0.15) is 18.4 Å². The average molecular weight is 477 g/mol. The van der Waals surface area contributed by atoms with E-state index >= 15 is 0 Å².